The molecule has 0 saturated carbocycles. The summed E-state index contributed by atoms with van der Waals surface area (Å²) in [5, 5.41) is 16.8. The van der Waals surface area contributed by atoms with E-state index in [1.165, 1.54) is 12.3 Å². The van der Waals surface area contributed by atoms with Crippen LogP contribution in [0.3, 0.4) is 0 Å². The second-order valence-corrected chi connectivity index (χ2v) is 1.96. The van der Waals surface area contributed by atoms with Gasteiger partial charge < -0.3 is 14.7 Å². The van der Waals surface area contributed by atoms with Crippen LogP contribution in [0.2, 0.25) is 0 Å². The number of rotatable bonds is 3. The van der Waals surface area contributed by atoms with E-state index in [-0.39, 0.29) is 11.4 Å². The fraction of sp³-hybridized carbons (Fsp3) is 0. The molecule has 0 saturated heterocycles. The number of nitrogens with zero attached hydrogens (tertiary/aromatic N) is 1. The second kappa shape index (κ2) is 3.84. The van der Waals surface area contributed by atoms with Gasteiger partial charge in [0.1, 0.15) is 0 Å². The molecule has 0 bridgehead atoms. The third-order valence-corrected chi connectivity index (χ3v) is 1.14. The van der Waals surface area contributed by atoms with E-state index < -0.39 is 7.32 Å². The van der Waals surface area contributed by atoms with Gasteiger partial charge in [-0.15, -0.1) is 0 Å². The Morgan fingerprint density at radius 2 is 2.33 bits per heavy atom. The van der Waals surface area contributed by atoms with Gasteiger partial charge >= 0.3 is 7.32 Å². The molecule has 12 heavy (non-hydrogen) atoms. The van der Waals surface area contributed by atoms with Crippen molar-refractivity contribution in [3.8, 4) is 5.88 Å². The molecular formula is C6H6BNO4. The highest BCUT2D eigenvalue weighted by Gasteiger charge is 2.14. The number of carbonyl (C=O) groups is 1. The van der Waals surface area contributed by atoms with Crippen LogP contribution in [0.4, 0.5) is 0 Å². The van der Waals surface area contributed by atoms with Crippen LogP contribution >= 0.6 is 0 Å². The summed E-state index contributed by atoms with van der Waals surface area (Å²) < 4.78 is 4.40. The van der Waals surface area contributed by atoms with E-state index in [0.717, 1.165) is 0 Å². The Bertz CT molecular complexity index is 278. The Kier molecular flexibility index (Phi) is 2.79. The van der Waals surface area contributed by atoms with Gasteiger partial charge in [0.15, 0.2) is 6.29 Å². The molecular weight excluding hydrogens is 161 g/mol. The van der Waals surface area contributed by atoms with Crippen LogP contribution in [0.5, 0.6) is 5.88 Å². The topological polar surface area (TPSA) is 79.7 Å². The minimum absolute atomic E-state index is 0.0949. The average Bonchev–Trinajstić information content (AvgIpc) is 2.04. The van der Waals surface area contributed by atoms with Gasteiger partial charge in [0.2, 0.25) is 5.88 Å². The molecule has 0 aromatic carbocycles. The fourth-order valence-corrected chi connectivity index (χ4v) is 0.691. The van der Waals surface area contributed by atoms with Crippen molar-refractivity contribution in [2.24, 2.45) is 0 Å². The lowest BCUT2D eigenvalue weighted by Crippen LogP contribution is -2.21. The van der Waals surface area contributed by atoms with Gasteiger partial charge in [-0.3, -0.25) is 4.79 Å². The van der Waals surface area contributed by atoms with E-state index in [1.807, 2.05) is 0 Å². The number of carbonyl (C=O) groups excluding carboxylic acids is 1. The van der Waals surface area contributed by atoms with E-state index in [0.29, 0.717) is 6.29 Å². The summed E-state index contributed by atoms with van der Waals surface area (Å²) in [7, 11) is -1.96. The summed E-state index contributed by atoms with van der Waals surface area (Å²) in [4.78, 5) is 13.9. The highest BCUT2D eigenvalue weighted by atomic mass is 16.6. The lowest BCUT2D eigenvalue weighted by atomic mass is 10.2. The van der Waals surface area contributed by atoms with Gasteiger partial charge in [-0.2, -0.15) is 0 Å². The lowest BCUT2D eigenvalue weighted by molar-refractivity contribution is 0.112. The molecule has 0 aliphatic rings. The molecule has 1 rings (SSSR count). The summed E-state index contributed by atoms with van der Waals surface area (Å²) >= 11 is 0. The smallest absolute Gasteiger partial charge is 0.497 e. The summed E-state index contributed by atoms with van der Waals surface area (Å²) in [5.74, 6) is -0.0949. The van der Waals surface area contributed by atoms with Gasteiger partial charge in [-0.1, -0.05) is 0 Å². The molecule has 0 spiro atoms. The van der Waals surface area contributed by atoms with Crippen molar-refractivity contribution in [3.05, 3.63) is 23.9 Å². The van der Waals surface area contributed by atoms with Crippen molar-refractivity contribution in [3.63, 3.8) is 0 Å². The summed E-state index contributed by atoms with van der Waals surface area (Å²) in [6.45, 7) is 0. The zero-order valence-corrected chi connectivity index (χ0v) is 6.04. The Labute approximate surface area is 68.8 Å². The van der Waals surface area contributed by atoms with E-state index in [2.05, 4.69) is 9.64 Å². The van der Waals surface area contributed by atoms with Crippen molar-refractivity contribution in [1.82, 2.24) is 4.98 Å². The summed E-state index contributed by atoms with van der Waals surface area (Å²) in [5.41, 5.74) is 0.172. The van der Waals surface area contributed by atoms with Gasteiger partial charge in [-0.25, -0.2) is 4.98 Å². The fourth-order valence-electron chi connectivity index (χ4n) is 0.691. The molecule has 0 atom stereocenters. The van der Waals surface area contributed by atoms with Crippen molar-refractivity contribution >= 4 is 13.6 Å². The Morgan fingerprint density at radius 1 is 1.58 bits per heavy atom. The minimum Gasteiger partial charge on any atom is -0.497 e. The zero-order chi connectivity index (χ0) is 8.97. The van der Waals surface area contributed by atoms with Crippen molar-refractivity contribution < 1.29 is 19.5 Å². The molecule has 1 aromatic rings. The van der Waals surface area contributed by atoms with Gasteiger partial charge in [0.25, 0.3) is 0 Å². The molecule has 62 valence electrons. The number of hydrogen-bond donors (Lipinski definition) is 2. The van der Waals surface area contributed by atoms with Gasteiger partial charge in [-0.05, 0) is 12.1 Å². The molecule has 0 aliphatic carbocycles. The monoisotopic (exact) mass is 167 g/mol. The normalized spacial score (nSPS) is 9.17. The largest absolute Gasteiger partial charge is 0.708 e. The molecule has 5 nitrogen and oxygen atoms in total. The number of hydrogen-bond acceptors (Lipinski definition) is 5. The first-order valence-electron chi connectivity index (χ1n) is 3.17. The molecule has 6 heteroatoms. The maximum atomic E-state index is 10.3. The molecule has 0 fully saturated rings. The Balaban J connectivity index is 2.89. The highest BCUT2D eigenvalue weighted by Crippen LogP contribution is 2.10. The van der Waals surface area contributed by atoms with Crippen LogP contribution in [-0.2, 0) is 0 Å². The van der Waals surface area contributed by atoms with Crippen LogP contribution < -0.4 is 4.65 Å². The third-order valence-electron chi connectivity index (χ3n) is 1.14. The number of pyridine rings is 1. The standard InChI is InChI=1S/C6H6BNO4/c9-4-5-2-1-3-8-6(5)12-7(10)11/h1-4,10-11H. The second-order valence-electron chi connectivity index (χ2n) is 1.96. The molecule has 0 unspecified atom stereocenters. The van der Waals surface area contributed by atoms with E-state index in [9.17, 15) is 4.79 Å². The average molecular weight is 167 g/mol. The predicted octanol–water partition coefficient (Wildman–Crippen LogP) is -0.758. The SMILES string of the molecule is O=Cc1cccnc1OB(O)O. The molecule has 2 N–H and O–H groups in total. The van der Waals surface area contributed by atoms with E-state index in [1.54, 1.807) is 6.07 Å². The first-order chi connectivity index (χ1) is 5.74. The molecule has 0 amide bonds. The zero-order valence-electron chi connectivity index (χ0n) is 6.04. The van der Waals surface area contributed by atoms with Crippen molar-refractivity contribution in [2.45, 2.75) is 0 Å². The van der Waals surface area contributed by atoms with E-state index >= 15 is 0 Å². The molecule has 0 aliphatic heterocycles. The summed E-state index contributed by atoms with van der Waals surface area (Å²) in [6.07, 6.45) is 1.90. The lowest BCUT2D eigenvalue weighted by Gasteiger charge is -2.03. The van der Waals surface area contributed by atoms with Crippen LogP contribution in [0.15, 0.2) is 18.3 Å². The maximum absolute atomic E-state index is 10.3. The summed E-state index contributed by atoms with van der Waals surface area (Å²) in [6, 6.07) is 3.00. The molecule has 1 heterocycles. The van der Waals surface area contributed by atoms with Gasteiger partial charge in [0.05, 0.1) is 5.56 Å². The number of aldehydes is 1. The van der Waals surface area contributed by atoms with Crippen molar-refractivity contribution in [2.75, 3.05) is 0 Å². The third kappa shape index (κ3) is 2.04. The highest BCUT2D eigenvalue weighted by molar-refractivity contribution is 6.33. The Morgan fingerprint density at radius 3 is 2.92 bits per heavy atom. The first kappa shape index (κ1) is 8.70. The van der Waals surface area contributed by atoms with E-state index in [4.69, 9.17) is 10.0 Å². The van der Waals surface area contributed by atoms with Crippen LogP contribution in [-0.4, -0.2) is 28.6 Å². The van der Waals surface area contributed by atoms with Crippen molar-refractivity contribution in [1.29, 1.82) is 0 Å². The quantitative estimate of drug-likeness (QED) is 0.456. The van der Waals surface area contributed by atoms with Crippen LogP contribution in [0.25, 0.3) is 0 Å². The predicted molar refractivity (Wildman–Crippen MR) is 40.4 cm³/mol. The minimum atomic E-state index is -1.96. The van der Waals surface area contributed by atoms with Gasteiger partial charge in [0, 0.05) is 6.20 Å². The molecule has 0 radical (unpaired) electrons. The van der Waals surface area contributed by atoms with Crippen LogP contribution in [0, 0.1) is 0 Å². The first-order valence-corrected chi connectivity index (χ1v) is 3.17. The number of aromatic nitrogens is 1. The van der Waals surface area contributed by atoms with Crippen LogP contribution in [0.1, 0.15) is 10.4 Å². The maximum Gasteiger partial charge on any atom is 0.708 e. The Hall–Kier alpha value is -1.40. The molecule has 1 aromatic heterocycles.